The van der Waals surface area contributed by atoms with Crippen LogP contribution in [-0.2, 0) is 6.54 Å². The van der Waals surface area contributed by atoms with Crippen molar-refractivity contribution >= 4 is 18.4 Å². The number of ether oxygens (including phenoxy) is 1. The van der Waals surface area contributed by atoms with Crippen molar-refractivity contribution in [3.8, 4) is 17.1 Å². The molecule has 0 saturated carbocycles. The number of aromatic nitrogens is 5. The van der Waals surface area contributed by atoms with Crippen LogP contribution in [0.2, 0.25) is 0 Å². The number of rotatable bonds is 7. The zero-order chi connectivity index (χ0) is 20.1. The molecule has 0 bridgehead atoms. The van der Waals surface area contributed by atoms with Crippen LogP contribution in [-0.4, -0.2) is 37.5 Å². The molecule has 0 saturated heterocycles. The SMILES string of the molecule is CCOc1ccccc1-c1n[nH]c(=S)n1/N=C\c1cnn(Cc2ccccc2)c1. The zero-order valence-corrected chi connectivity index (χ0v) is 16.7. The Morgan fingerprint density at radius 3 is 2.76 bits per heavy atom. The molecule has 0 unspecified atom stereocenters. The lowest BCUT2D eigenvalue weighted by atomic mass is 10.2. The van der Waals surface area contributed by atoms with Gasteiger partial charge in [-0.3, -0.25) is 4.68 Å². The Morgan fingerprint density at radius 1 is 1.14 bits per heavy atom. The minimum absolute atomic E-state index is 0.402. The number of para-hydroxylation sites is 1. The lowest BCUT2D eigenvalue weighted by molar-refractivity contribution is 0.341. The monoisotopic (exact) mass is 404 g/mol. The first-order valence-electron chi connectivity index (χ1n) is 9.25. The van der Waals surface area contributed by atoms with E-state index < -0.39 is 0 Å². The molecule has 146 valence electrons. The third kappa shape index (κ3) is 4.33. The van der Waals surface area contributed by atoms with Crippen molar-refractivity contribution in [3.05, 3.63) is 82.9 Å². The quantitative estimate of drug-likeness (QED) is 0.371. The maximum Gasteiger partial charge on any atom is 0.216 e. The van der Waals surface area contributed by atoms with Gasteiger partial charge < -0.3 is 4.74 Å². The second-order valence-electron chi connectivity index (χ2n) is 6.29. The summed E-state index contributed by atoms with van der Waals surface area (Å²) in [6.45, 7) is 3.21. The van der Waals surface area contributed by atoms with E-state index in [1.165, 1.54) is 5.56 Å². The molecule has 0 radical (unpaired) electrons. The van der Waals surface area contributed by atoms with Crippen LogP contribution in [0, 0.1) is 4.77 Å². The number of H-pyrrole nitrogens is 1. The van der Waals surface area contributed by atoms with E-state index in [2.05, 4.69) is 32.5 Å². The average molecular weight is 404 g/mol. The number of nitrogens with one attached hydrogen (secondary N) is 1. The summed E-state index contributed by atoms with van der Waals surface area (Å²) in [6.07, 6.45) is 5.42. The van der Waals surface area contributed by atoms with Gasteiger partial charge in [0, 0.05) is 11.8 Å². The van der Waals surface area contributed by atoms with Crippen LogP contribution in [0.5, 0.6) is 5.75 Å². The summed E-state index contributed by atoms with van der Waals surface area (Å²) < 4.78 is 9.57. The predicted octanol–water partition coefficient (Wildman–Crippen LogP) is 4.13. The van der Waals surface area contributed by atoms with Crippen LogP contribution in [0.15, 0.2) is 72.1 Å². The molecule has 0 spiro atoms. The summed E-state index contributed by atoms with van der Waals surface area (Å²) in [5.41, 5.74) is 2.87. The van der Waals surface area contributed by atoms with Crippen molar-refractivity contribution in [2.24, 2.45) is 5.10 Å². The first kappa shape index (κ1) is 18.8. The number of aromatic amines is 1. The summed E-state index contributed by atoms with van der Waals surface area (Å²) >= 11 is 5.36. The fraction of sp³-hybridized carbons (Fsp3) is 0.143. The molecule has 0 aliphatic carbocycles. The average Bonchev–Trinajstić information content (AvgIpc) is 3.34. The van der Waals surface area contributed by atoms with Gasteiger partial charge in [0.25, 0.3) is 0 Å². The number of hydrogen-bond acceptors (Lipinski definition) is 5. The highest BCUT2D eigenvalue weighted by atomic mass is 32.1. The van der Waals surface area contributed by atoms with Gasteiger partial charge >= 0.3 is 0 Å². The Hall–Kier alpha value is -3.52. The lowest BCUT2D eigenvalue weighted by Crippen LogP contribution is -1.99. The molecule has 1 N–H and O–H groups in total. The molecule has 0 amide bonds. The Morgan fingerprint density at radius 2 is 1.93 bits per heavy atom. The Balaban J connectivity index is 1.59. The largest absolute Gasteiger partial charge is 0.493 e. The van der Waals surface area contributed by atoms with Gasteiger partial charge in [-0.15, -0.1) is 0 Å². The van der Waals surface area contributed by atoms with Gasteiger partial charge in [0.2, 0.25) is 4.77 Å². The number of hydrogen-bond donors (Lipinski definition) is 1. The molecule has 2 aromatic carbocycles. The molecule has 2 aromatic heterocycles. The van der Waals surface area contributed by atoms with E-state index in [0.29, 0.717) is 23.7 Å². The highest BCUT2D eigenvalue weighted by Crippen LogP contribution is 2.28. The van der Waals surface area contributed by atoms with Crippen molar-refractivity contribution < 1.29 is 4.74 Å². The molecule has 0 aliphatic rings. The molecule has 0 aliphatic heterocycles. The van der Waals surface area contributed by atoms with E-state index >= 15 is 0 Å². The zero-order valence-electron chi connectivity index (χ0n) is 15.9. The normalized spacial score (nSPS) is 11.2. The molecule has 7 nitrogen and oxygen atoms in total. The van der Waals surface area contributed by atoms with Gasteiger partial charge in [0.1, 0.15) is 5.75 Å². The molecule has 8 heteroatoms. The van der Waals surface area contributed by atoms with E-state index in [9.17, 15) is 0 Å². The molecule has 0 atom stereocenters. The minimum Gasteiger partial charge on any atom is -0.493 e. The second kappa shape index (κ2) is 8.66. The van der Waals surface area contributed by atoms with Crippen LogP contribution in [0.1, 0.15) is 18.1 Å². The first-order valence-corrected chi connectivity index (χ1v) is 9.66. The third-order valence-corrected chi connectivity index (χ3v) is 4.51. The van der Waals surface area contributed by atoms with Gasteiger partial charge in [-0.1, -0.05) is 42.5 Å². The van der Waals surface area contributed by atoms with Crippen molar-refractivity contribution in [2.75, 3.05) is 6.61 Å². The highest BCUT2D eigenvalue weighted by molar-refractivity contribution is 7.71. The summed E-state index contributed by atoms with van der Waals surface area (Å²) in [6, 6.07) is 17.9. The molecule has 29 heavy (non-hydrogen) atoms. The van der Waals surface area contributed by atoms with Crippen molar-refractivity contribution in [3.63, 3.8) is 0 Å². The molecule has 4 aromatic rings. The third-order valence-electron chi connectivity index (χ3n) is 4.24. The first-order chi connectivity index (χ1) is 14.2. The standard InChI is InChI=1S/C21H20N6OS/c1-2-28-19-11-7-6-10-18(19)20-24-25-21(29)27(20)23-13-17-12-22-26(15-17)14-16-8-4-3-5-9-16/h3-13,15H,2,14H2,1H3,(H,25,29)/b23-13-. The van der Waals surface area contributed by atoms with Crippen LogP contribution < -0.4 is 4.74 Å². The van der Waals surface area contributed by atoms with Gasteiger partial charge in [0.15, 0.2) is 5.82 Å². The van der Waals surface area contributed by atoms with E-state index in [-0.39, 0.29) is 0 Å². The van der Waals surface area contributed by atoms with Crippen molar-refractivity contribution in [1.82, 2.24) is 24.7 Å². The molecule has 4 rings (SSSR count). The summed E-state index contributed by atoms with van der Waals surface area (Å²) in [7, 11) is 0. The number of benzene rings is 2. The van der Waals surface area contributed by atoms with Crippen LogP contribution in [0.3, 0.4) is 0 Å². The summed E-state index contributed by atoms with van der Waals surface area (Å²) in [5.74, 6) is 1.32. The second-order valence-corrected chi connectivity index (χ2v) is 6.68. The van der Waals surface area contributed by atoms with Gasteiger partial charge in [-0.25, -0.2) is 5.10 Å². The minimum atomic E-state index is 0.402. The number of nitrogens with zero attached hydrogens (tertiary/aromatic N) is 5. The fourth-order valence-corrected chi connectivity index (χ4v) is 3.11. The van der Waals surface area contributed by atoms with Crippen LogP contribution >= 0.6 is 12.2 Å². The fourth-order valence-electron chi connectivity index (χ4n) is 2.93. The molecule has 2 heterocycles. The summed E-state index contributed by atoms with van der Waals surface area (Å²) in [4.78, 5) is 0. The highest BCUT2D eigenvalue weighted by Gasteiger charge is 2.13. The Bertz CT molecular complexity index is 1180. The maximum absolute atomic E-state index is 5.71. The van der Waals surface area contributed by atoms with E-state index in [1.807, 2.05) is 60.3 Å². The lowest BCUT2D eigenvalue weighted by Gasteiger charge is -2.08. The topological polar surface area (TPSA) is 73.0 Å². The Labute approximate surface area is 173 Å². The van der Waals surface area contributed by atoms with Crippen LogP contribution in [0.4, 0.5) is 0 Å². The molecule has 0 fully saturated rings. The van der Waals surface area contributed by atoms with Gasteiger partial charge in [0.05, 0.1) is 31.1 Å². The smallest absolute Gasteiger partial charge is 0.216 e. The van der Waals surface area contributed by atoms with Crippen molar-refractivity contribution in [1.29, 1.82) is 0 Å². The predicted molar refractivity (Wildman–Crippen MR) is 115 cm³/mol. The van der Waals surface area contributed by atoms with Gasteiger partial charge in [-0.05, 0) is 36.8 Å². The van der Waals surface area contributed by atoms with E-state index in [0.717, 1.165) is 16.9 Å². The Kier molecular flexibility index (Phi) is 5.62. The van der Waals surface area contributed by atoms with E-state index in [4.69, 9.17) is 17.0 Å². The van der Waals surface area contributed by atoms with Crippen molar-refractivity contribution in [2.45, 2.75) is 13.5 Å². The molecular weight excluding hydrogens is 384 g/mol. The molecular formula is C21H20N6OS. The summed E-state index contributed by atoms with van der Waals surface area (Å²) in [5, 5.41) is 16.1. The van der Waals surface area contributed by atoms with Crippen LogP contribution in [0.25, 0.3) is 11.4 Å². The van der Waals surface area contributed by atoms with Gasteiger partial charge in [-0.2, -0.15) is 20.0 Å². The maximum atomic E-state index is 5.71. The van der Waals surface area contributed by atoms with E-state index in [1.54, 1.807) is 17.1 Å².